The number of benzene rings is 1. The number of nitrogens with one attached hydrogen (secondary N) is 1. The van der Waals surface area contributed by atoms with Crippen LogP contribution in [0.2, 0.25) is 0 Å². The first kappa shape index (κ1) is 19.5. The maximum absolute atomic E-state index is 12.4. The molecule has 1 aromatic carbocycles. The fraction of sp³-hybridized carbons (Fsp3) is 0.318. The van der Waals surface area contributed by atoms with Crippen molar-refractivity contribution in [3.8, 4) is 0 Å². The summed E-state index contributed by atoms with van der Waals surface area (Å²) < 4.78 is 5.50. The van der Waals surface area contributed by atoms with Crippen molar-refractivity contribution in [1.29, 1.82) is 0 Å². The molecule has 7 heteroatoms. The zero-order valence-corrected chi connectivity index (χ0v) is 17.2. The Bertz CT molecular complexity index is 935. The van der Waals surface area contributed by atoms with Gasteiger partial charge in [-0.3, -0.25) is 4.79 Å². The molecule has 1 aliphatic rings. The molecule has 150 valence electrons. The van der Waals surface area contributed by atoms with Crippen LogP contribution in [0.25, 0.3) is 0 Å². The van der Waals surface area contributed by atoms with Gasteiger partial charge in [-0.05, 0) is 56.2 Å². The van der Waals surface area contributed by atoms with Gasteiger partial charge in [-0.15, -0.1) is 10.2 Å². The second kappa shape index (κ2) is 9.13. The molecule has 0 spiro atoms. The fourth-order valence-electron chi connectivity index (χ4n) is 3.41. The largest absolute Gasteiger partial charge is 0.465 e. The van der Waals surface area contributed by atoms with Crippen LogP contribution >= 0.6 is 11.8 Å². The molecule has 1 N–H and O–H groups in total. The van der Waals surface area contributed by atoms with Crippen LogP contribution in [0.4, 0.5) is 5.82 Å². The highest BCUT2D eigenvalue weighted by Crippen LogP contribution is 2.27. The Morgan fingerprint density at radius 3 is 2.55 bits per heavy atom. The van der Waals surface area contributed by atoms with Crippen molar-refractivity contribution in [1.82, 2.24) is 15.5 Å². The average Bonchev–Trinajstić information content (AvgIpc) is 3.19. The van der Waals surface area contributed by atoms with E-state index in [1.54, 1.807) is 11.8 Å². The molecule has 1 amide bonds. The van der Waals surface area contributed by atoms with Gasteiger partial charge in [0.25, 0.3) is 0 Å². The first-order valence-electron chi connectivity index (χ1n) is 9.82. The van der Waals surface area contributed by atoms with E-state index in [4.69, 9.17) is 4.42 Å². The third-order valence-electron chi connectivity index (χ3n) is 5.01. The molecule has 0 aliphatic carbocycles. The molecule has 29 heavy (non-hydrogen) atoms. The normalized spacial score (nSPS) is 14.7. The van der Waals surface area contributed by atoms with E-state index in [-0.39, 0.29) is 11.8 Å². The van der Waals surface area contributed by atoms with Gasteiger partial charge in [0.15, 0.2) is 5.82 Å². The predicted molar refractivity (Wildman–Crippen MR) is 113 cm³/mol. The van der Waals surface area contributed by atoms with Gasteiger partial charge in [-0.25, -0.2) is 0 Å². The summed E-state index contributed by atoms with van der Waals surface area (Å²) in [6.07, 6.45) is 1.62. The summed E-state index contributed by atoms with van der Waals surface area (Å²) in [6, 6.07) is 18.0. The van der Waals surface area contributed by atoms with E-state index < -0.39 is 0 Å². The molecule has 1 aliphatic heterocycles. The van der Waals surface area contributed by atoms with Gasteiger partial charge in [0.2, 0.25) is 5.91 Å². The molecule has 3 heterocycles. The van der Waals surface area contributed by atoms with E-state index in [9.17, 15) is 4.79 Å². The topological polar surface area (TPSA) is 71.3 Å². The molecule has 2 aromatic heterocycles. The zero-order chi connectivity index (χ0) is 20.1. The van der Waals surface area contributed by atoms with E-state index in [1.807, 2.05) is 49.4 Å². The molecule has 6 nitrogen and oxygen atoms in total. The monoisotopic (exact) mass is 408 g/mol. The number of piperidine rings is 1. The number of aryl methyl sites for hydroxylation is 1. The van der Waals surface area contributed by atoms with E-state index >= 15 is 0 Å². The lowest BCUT2D eigenvalue weighted by Crippen LogP contribution is -2.40. The van der Waals surface area contributed by atoms with Crippen molar-refractivity contribution >= 4 is 23.5 Å². The third kappa shape index (κ3) is 5.17. The van der Waals surface area contributed by atoms with Crippen LogP contribution in [0, 0.1) is 12.8 Å². The van der Waals surface area contributed by atoms with Crippen LogP contribution in [0.1, 0.15) is 24.4 Å². The lowest BCUT2D eigenvalue weighted by molar-refractivity contribution is -0.125. The Labute approximate surface area is 174 Å². The minimum atomic E-state index is 0.0307. The summed E-state index contributed by atoms with van der Waals surface area (Å²) in [5, 5.41) is 12.6. The van der Waals surface area contributed by atoms with Crippen LogP contribution in [0.3, 0.4) is 0 Å². The summed E-state index contributed by atoms with van der Waals surface area (Å²) in [7, 11) is 0. The number of hydrogen-bond donors (Lipinski definition) is 1. The summed E-state index contributed by atoms with van der Waals surface area (Å²) in [5.41, 5.74) is 0. The number of nitrogens with zero attached hydrogens (tertiary/aromatic N) is 3. The molecule has 4 rings (SSSR count). The number of furan rings is 1. The van der Waals surface area contributed by atoms with Crippen LogP contribution in [0.5, 0.6) is 0 Å². The molecule has 0 atom stereocenters. The first-order chi connectivity index (χ1) is 14.2. The standard InChI is InChI=1S/C22H24N4O2S/c1-16-7-8-18(28-16)15-23-22(27)17-11-13-26(14-12-17)20-9-10-21(25-24-20)29-19-5-3-2-4-6-19/h2-10,17H,11-15H2,1H3,(H,23,27). The fourth-order valence-corrected chi connectivity index (χ4v) is 4.17. The van der Waals surface area contributed by atoms with Gasteiger partial charge in [-0.2, -0.15) is 0 Å². The molecule has 0 saturated carbocycles. The van der Waals surface area contributed by atoms with Crippen molar-refractivity contribution in [3.63, 3.8) is 0 Å². The minimum Gasteiger partial charge on any atom is -0.465 e. The Hall–Kier alpha value is -2.80. The maximum Gasteiger partial charge on any atom is 0.223 e. The van der Waals surface area contributed by atoms with E-state index in [0.717, 1.165) is 53.2 Å². The van der Waals surface area contributed by atoms with Gasteiger partial charge in [0.1, 0.15) is 16.5 Å². The van der Waals surface area contributed by atoms with Gasteiger partial charge >= 0.3 is 0 Å². The summed E-state index contributed by atoms with van der Waals surface area (Å²) in [6.45, 7) is 3.95. The van der Waals surface area contributed by atoms with E-state index in [1.165, 1.54) is 0 Å². The number of anilines is 1. The Kier molecular flexibility index (Phi) is 6.14. The smallest absolute Gasteiger partial charge is 0.223 e. The van der Waals surface area contributed by atoms with Crippen LogP contribution < -0.4 is 10.2 Å². The number of carbonyl (C=O) groups excluding carboxylic acids is 1. The summed E-state index contributed by atoms with van der Waals surface area (Å²) >= 11 is 1.60. The van der Waals surface area contributed by atoms with Gasteiger partial charge in [0, 0.05) is 23.9 Å². The van der Waals surface area contributed by atoms with Gasteiger partial charge in [0.05, 0.1) is 6.54 Å². The lowest BCUT2D eigenvalue weighted by atomic mass is 9.96. The lowest BCUT2D eigenvalue weighted by Gasteiger charge is -2.31. The highest BCUT2D eigenvalue weighted by molar-refractivity contribution is 7.99. The van der Waals surface area contributed by atoms with Crippen LogP contribution in [-0.4, -0.2) is 29.2 Å². The van der Waals surface area contributed by atoms with Gasteiger partial charge in [-0.1, -0.05) is 30.0 Å². The quantitative estimate of drug-likeness (QED) is 0.663. The van der Waals surface area contributed by atoms with Crippen molar-refractivity contribution in [3.05, 3.63) is 66.1 Å². The molecule has 1 saturated heterocycles. The van der Waals surface area contributed by atoms with E-state index in [2.05, 4.69) is 32.5 Å². The summed E-state index contributed by atoms with van der Waals surface area (Å²) in [5.74, 6) is 2.64. The SMILES string of the molecule is Cc1ccc(CNC(=O)C2CCN(c3ccc(Sc4ccccc4)nn3)CC2)o1. The van der Waals surface area contributed by atoms with Crippen LogP contribution in [-0.2, 0) is 11.3 Å². The number of carbonyl (C=O) groups is 1. The number of aromatic nitrogens is 2. The number of hydrogen-bond acceptors (Lipinski definition) is 6. The zero-order valence-electron chi connectivity index (χ0n) is 16.4. The van der Waals surface area contributed by atoms with Crippen molar-refractivity contribution < 1.29 is 9.21 Å². The Morgan fingerprint density at radius 1 is 1.10 bits per heavy atom. The number of rotatable bonds is 6. The molecular weight excluding hydrogens is 384 g/mol. The van der Waals surface area contributed by atoms with Gasteiger partial charge < -0.3 is 14.6 Å². The highest BCUT2D eigenvalue weighted by atomic mass is 32.2. The van der Waals surface area contributed by atoms with Crippen molar-refractivity contribution in [2.45, 2.75) is 36.2 Å². The van der Waals surface area contributed by atoms with E-state index in [0.29, 0.717) is 6.54 Å². The highest BCUT2D eigenvalue weighted by Gasteiger charge is 2.25. The molecule has 0 radical (unpaired) electrons. The predicted octanol–water partition coefficient (Wildman–Crippen LogP) is 4.06. The Morgan fingerprint density at radius 2 is 1.90 bits per heavy atom. The molecule has 1 fully saturated rings. The second-order valence-corrected chi connectivity index (χ2v) is 8.23. The third-order valence-corrected chi connectivity index (χ3v) is 5.95. The molecule has 3 aromatic rings. The van der Waals surface area contributed by atoms with Crippen molar-refractivity contribution in [2.24, 2.45) is 5.92 Å². The van der Waals surface area contributed by atoms with Crippen molar-refractivity contribution in [2.75, 3.05) is 18.0 Å². The van der Waals surface area contributed by atoms with Crippen LogP contribution in [0.15, 0.2) is 68.9 Å². The second-order valence-electron chi connectivity index (χ2n) is 7.14. The Balaban J connectivity index is 1.26. The minimum absolute atomic E-state index is 0.0307. The summed E-state index contributed by atoms with van der Waals surface area (Å²) in [4.78, 5) is 15.8. The molecule has 0 bridgehead atoms. The first-order valence-corrected chi connectivity index (χ1v) is 10.6. The molecule has 0 unspecified atom stereocenters. The molecular formula is C22H24N4O2S. The average molecular weight is 409 g/mol. The number of amides is 1. The maximum atomic E-state index is 12.4.